The molecule has 1 rings (SSSR count). The van der Waals surface area contributed by atoms with Gasteiger partial charge in [0, 0.05) is 12.0 Å². The number of ketones is 2. The van der Waals surface area contributed by atoms with Crippen molar-refractivity contribution in [3.63, 3.8) is 0 Å². The summed E-state index contributed by atoms with van der Waals surface area (Å²) >= 11 is 0. The van der Waals surface area contributed by atoms with E-state index in [1.165, 1.54) is 6.92 Å². The molecule has 0 saturated heterocycles. The van der Waals surface area contributed by atoms with Crippen LogP contribution >= 0.6 is 0 Å². The van der Waals surface area contributed by atoms with Gasteiger partial charge in [-0.2, -0.15) is 0 Å². The Kier molecular flexibility index (Phi) is 4.03. The molecule has 3 nitrogen and oxygen atoms in total. The lowest BCUT2D eigenvalue weighted by atomic mass is 10.1. The van der Waals surface area contributed by atoms with Gasteiger partial charge in [-0.3, -0.25) is 9.59 Å². The van der Waals surface area contributed by atoms with E-state index in [1.807, 2.05) is 0 Å². The Morgan fingerprint density at radius 1 is 1.20 bits per heavy atom. The zero-order valence-electron chi connectivity index (χ0n) is 8.95. The van der Waals surface area contributed by atoms with Crippen LogP contribution in [-0.2, 0) is 4.79 Å². The highest BCUT2D eigenvalue weighted by molar-refractivity contribution is 5.94. The van der Waals surface area contributed by atoms with E-state index < -0.39 is 0 Å². The first-order valence-electron chi connectivity index (χ1n) is 4.89. The highest BCUT2D eigenvalue weighted by Gasteiger charge is 2.01. The molecule has 3 heteroatoms. The van der Waals surface area contributed by atoms with Gasteiger partial charge in [-0.15, -0.1) is 0 Å². The van der Waals surface area contributed by atoms with Gasteiger partial charge in [0.1, 0.15) is 12.4 Å². The molecule has 1 aromatic carbocycles. The summed E-state index contributed by atoms with van der Waals surface area (Å²) in [6.07, 6.45) is 0.478. The monoisotopic (exact) mass is 206 g/mol. The Hall–Kier alpha value is -1.64. The highest BCUT2D eigenvalue weighted by atomic mass is 16.5. The average molecular weight is 206 g/mol. The number of hydrogen-bond acceptors (Lipinski definition) is 3. The number of hydrogen-bond donors (Lipinski definition) is 0. The van der Waals surface area contributed by atoms with Crippen LogP contribution in [-0.4, -0.2) is 18.2 Å². The van der Waals surface area contributed by atoms with Crippen molar-refractivity contribution in [2.45, 2.75) is 20.3 Å². The van der Waals surface area contributed by atoms with Crippen molar-refractivity contribution in [3.05, 3.63) is 29.8 Å². The molecule has 0 aliphatic heterocycles. The zero-order chi connectivity index (χ0) is 11.3. The molecular weight excluding hydrogens is 192 g/mol. The van der Waals surface area contributed by atoms with Crippen LogP contribution in [0.5, 0.6) is 5.75 Å². The van der Waals surface area contributed by atoms with E-state index in [1.54, 1.807) is 31.2 Å². The fourth-order valence-corrected chi connectivity index (χ4v) is 1.05. The summed E-state index contributed by atoms with van der Waals surface area (Å²) in [4.78, 5) is 22.0. The molecule has 0 unspecified atom stereocenters. The smallest absolute Gasteiger partial charge is 0.169 e. The second-order valence-corrected chi connectivity index (χ2v) is 3.26. The van der Waals surface area contributed by atoms with E-state index in [-0.39, 0.29) is 18.2 Å². The van der Waals surface area contributed by atoms with E-state index >= 15 is 0 Å². The van der Waals surface area contributed by atoms with Gasteiger partial charge in [0.2, 0.25) is 0 Å². The second-order valence-electron chi connectivity index (χ2n) is 3.26. The normalized spacial score (nSPS) is 9.73. The van der Waals surface area contributed by atoms with Gasteiger partial charge in [-0.1, -0.05) is 6.92 Å². The first-order chi connectivity index (χ1) is 7.13. The van der Waals surface area contributed by atoms with Crippen molar-refractivity contribution < 1.29 is 14.3 Å². The molecule has 80 valence electrons. The fraction of sp³-hybridized carbons (Fsp3) is 0.333. The van der Waals surface area contributed by atoms with Crippen LogP contribution in [0.3, 0.4) is 0 Å². The summed E-state index contributed by atoms with van der Waals surface area (Å²) in [5.41, 5.74) is 0.643. The highest BCUT2D eigenvalue weighted by Crippen LogP contribution is 2.12. The minimum Gasteiger partial charge on any atom is -0.486 e. The third-order valence-corrected chi connectivity index (χ3v) is 2.06. The number of ether oxygens (including phenoxy) is 1. The molecule has 0 atom stereocenters. The lowest BCUT2D eigenvalue weighted by Gasteiger charge is -2.04. The Morgan fingerprint density at radius 2 is 1.80 bits per heavy atom. The summed E-state index contributed by atoms with van der Waals surface area (Å²) in [5.74, 6) is 0.693. The van der Waals surface area contributed by atoms with Gasteiger partial charge < -0.3 is 4.74 Å². The van der Waals surface area contributed by atoms with Crippen molar-refractivity contribution in [1.29, 1.82) is 0 Å². The summed E-state index contributed by atoms with van der Waals surface area (Å²) in [6, 6.07) is 6.77. The van der Waals surface area contributed by atoms with Crippen LogP contribution in [0, 0.1) is 0 Å². The summed E-state index contributed by atoms with van der Waals surface area (Å²) in [6.45, 7) is 3.40. The zero-order valence-corrected chi connectivity index (χ0v) is 8.95. The predicted octanol–water partition coefficient (Wildman–Crippen LogP) is 2.25. The van der Waals surface area contributed by atoms with E-state index in [9.17, 15) is 9.59 Å². The fourth-order valence-electron chi connectivity index (χ4n) is 1.05. The van der Waals surface area contributed by atoms with Gasteiger partial charge in [0.15, 0.2) is 11.6 Å². The molecule has 0 radical (unpaired) electrons. The predicted molar refractivity (Wildman–Crippen MR) is 57.2 cm³/mol. The van der Waals surface area contributed by atoms with Gasteiger partial charge in [0.25, 0.3) is 0 Å². The molecule has 0 amide bonds. The maximum Gasteiger partial charge on any atom is 0.169 e. The standard InChI is InChI=1S/C12H14O3/c1-3-11(14)8-15-12-6-4-10(5-7-12)9(2)13/h4-7H,3,8H2,1-2H3. The van der Waals surface area contributed by atoms with Crippen LogP contribution in [0.4, 0.5) is 0 Å². The van der Waals surface area contributed by atoms with Crippen LogP contribution in [0.15, 0.2) is 24.3 Å². The molecular formula is C12H14O3. The molecule has 15 heavy (non-hydrogen) atoms. The van der Waals surface area contributed by atoms with Crippen molar-refractivity contribution in [2.24, 2.45) is 0 Å². The molecule has 0 saturated carbocycles. The molecule has 0 aromatic heterocycles. The summed E-state index contributed by atoms with van der Waals surface area (Å²) in [5, 5.41) is 0. The number of carbonyl (C=O) groups is 2. The Morgan fingerprint density at radius 3 is 2.27 bits per heavy atom. The Labute approximate surface area is 89.1 Å². The first kappa shape index (κ1) is 11.4. The number of Topliss-reactive ketones (excluding diaryl/α,β-unsaturated/α-hetero) is 2. The number of carbonyl (C=O) groups excluding carboxylic acids is 2. The average Bonchev–Trinajstić information content (AvgIpc) is 2.26. The van der Waals surface area contributed by atoms with Gasteiger partial charge in [-0.25, -0.2) is 0 Å². The third-order valence-electron chi connectivity index (χ3n) is 2.06. The number of rotatable bonds is 5. The van der Waals surface area contributed by atoms with E-state index in [0.29, 0.717) is 17.7 Å². The molecule has 1 aromatic rings. The molecule has 0 N–H and O–H groups in total. The topological polar surface area (TPSA) is 43.4 Å². The largest absolute Gasteiger partial charge is 0.486 e. The maximum atomic E-state index is 11.0. The van der Waals surface area contributed by atoms with E-state index in [2.05, 4.69) is 0 Å². The molecule has 0 fully saturated rings. The molecule has 0 aliphatic carbocycles. The van der Waals surface area contributed by atoms with Crippen LogP contribution in [0.1, 0.15) is 30.6 Å². The summed E-state index contributed by atoms with van der Waals surface area (Å²) in [7, 11) is 0. The minimum atomic E-state index is 0.0196. The van der Waals surface area contributed by atoms with E-state index in [4.69, 9.17) is 4.74 Å². The lowest BCUT2D eigenvalue weighted by Crippen LogP contribution is -2.09. The molecule has 0 spiro atoms. The second kappa shape index (κ2) is 5.29. The minimum absolute atomic E-state index is 0.0196. The van der Waals surface area contributed by atoms with Crippen molar-refractivity contribution >= 4 is 11.6 Å². The maximum absolute atomic E-state index is 11.0. The third kappa shape index (κ3) is 3.54. The number of benzene rings is 1. The van der Waals surface area contributed by atoms with E-state index in [0.717, 1.165) is 0 Å². The van der Waals surface area contributed by atoms with Crippen molar-refractivity contribution in [2.75, 3.05) is 6.61 Å². The van der Waals surface area contributed by atoms with Gasteiger partial charge in [-0.05, 0) is 31.2 Å². The summed E-state index contributed by atoms with van der Waals surface area (Å²) < 4.78 is 5.23. The molecule has 0 bridgehead atoms. The molecule has 0 heterocycles. The quantitative estimate of drug-likeness (QED) is 0.694. The van der Waals surface area contributed by atoms with Crippen LogP contribution in [0.2, 0.25) is 0 Å². The SMILES string of the molecule is CCC(=O)COc1ccc(C(C)=O)cc1. The van der Waals surface area contributed by atoms with Crippen molar-refractivity contribution in [1.82, 2.24) is 0 Å². The Balaban J connectivity index is 2.57. The van der Waals surface area contributed by atoms with Gasteiger partial charge in [0.05, 0.1) is 0 Å². The van der Waals surface area contributed by atoms with Crippen LogP contribution < -0.4 is 4.74 Å². The molecule has 0 aliphatic rings. The first-order valence-corrected chi connectivity index (χ1v) is 4.89. The van der Waals surface area contributed by atoms with Gasteiger partial charge >= 0.3 is 0 Å². The lowest BCUT2D eigenvalue weighted by molar-refractivity contribution is -0.120. The Bertz CT molecular complexity index is 352. The van der Waals surface area contributed by atoms with Crippen molar-refractivity contribution in [3.8, 4) is 5.75 Å². The van der Waals surface area contributed by atoms with Crippen LogP contribution in [0.25, 0.3) is 0 Å².